The maximum absolute atomic E-state index is 2.39. The van der Waals surface area contributed by atoms with E-state index in [9.17, 15) is 0 Å². The molecule has 1 heterocycles. The molecule has 9 rings (SSSR count). The Kier molecular flexibility index (Phi) is 5.03. The van der Waals surface area contributed by atoms with Gasteiger partial charge in [-0.05, 0) is 104 Å². The molecule has 196 valence electrons. The minimum absolute atomic E-state index is 0.996. The molecule has 42 heavy (non-hydrogen) atoms. The van der Waals surface area contributed by atoms with Crippen LogP contribution in [0, 0.1) is 0 Å². The average molecular weight is 534 g/mol. The van der Waals surface area contributed by atoms with Crippen molar-refractivity contribution in [1.29, 1.82) is 0 Å². The molecule has 0 unspecified atom stereocenters. The van der Waals surface area contributed by atoms with Crippen LogP contribution in [-0.4, -0.2) is 4.57 Å². The number of benzene rings is 7. The second-order valence-corrected chi connectivity index (χ2v) is 11.4. The van der Waals surface area contributed by atoms with Crippen molar-refractivity contribution in [2.24, 2.45) is 0 Å². The van der Waals surface area contributed by atoms with Crippen LogP contribution in [0.5, 0.6) is 0 Å². The van der Waals surface area contributed by atoms with Gasteiger partial charge in [0.25, 0.3) is 0 Å². The number of fused-ring (bicyclic) bond motifs is 7. The number of aromatic nitrogens is 1. The summed E-state index contributed by atoms with van der Waals surface area (Å²) < 4.78 is 2.38. The van der Waals surface area contributed by atoms with E-state index >= 15 is 0 Å². The quantitative estimate of drug-likeness (QED) is 0.213. The molecule has 1 aliphatic carbocycles. The molecule has 0 fully saturated rings. The first-order chi connectivity index (χ1) is 20.8. The largest absolute Gasteiger partial charge is 0.309 e. The van der Waals surface area contributed by atoms with Crippen molar-refractivity contribution in [3.63, 3.8) is 0 Å². The SMILES string of the molecule is c1ccc2cc(-c3ccc4c(c3)-c3cc(-c5ccc(-n6c7ccccc7c7ccccc76)cc5)ccc3C4)ccc2c1. The summed E-state index contributed by atoms with van der Waals surface area (Å²) in [6.45, 7) is 0. The lowest BCUT2D eigenvalue weighted by Gasteiger charge is -2.11. The molecule has 8 aromatic rings. The summed E-state index contributed by atoms with van der Waals surface area (Å²) in [4.78, 5) is 0. The van der Waals surface area contributed by atoms with Gasteiger partial charge >= 0.3 is 0 Å². The van der Waals surface area contributed by atoms with Crippen molar-refractivity contribution in [1.82, 2.24) is 4.57 Å². The summed E-state index contributed by atoms with van der Waals surface area (Å²) in [5.41, 5.74) is 14.2. The first kappa shape index (κ1) is 23.3. The smallest absolute Gasteiger partial charge is 0.0541 e. The summed E-state index contributed by atoms with van der Waals surface area (Å²) in [6.07, 6.45) is 0.996. The van der Waals surface area contributed by atoms with Crippen LogP contribution < -0.4 is 0 Å². The average Bonchev–Trinajstić information content (AvgIpc) is 3.59. The Morgan fingerprint density at radius 3 is 1.55 bits per heavy atom. The van der Waals surface area contributed by atoms with Gasteiger partial charge in [0.15, 0.2) is 0 Å². The first-order valence-electron chi connectivity index (χ1n) is 14.6. The van der Waals surface area contributed by atoms with E-state index in [0.29, 0.717) is 0 Å². The Hall–Kier alpha value is -5.40. The Labute approximate surface area is 244 Å². The van der Waals surface area contributed by atoms with Crippen LogP contribution in [0.4, 0.5) is 0 Å². The highest BCUT2D eigenvalue weighted by atomic mass is 15.0. The lowest BCUT2D eigenvalue weighted by molar-refractivity contribution is 1.18. The predicted molar refractivity (Wildman–Crippen MR) is 177 cm³/mol. The van der Waals surface area contributed by atoms with Crippen LogP contribution in [0.1, 0.15) is 11.1 Å². The number of nitrogens with zero attached hydrogens (tertiary/aromatic N) is 1. The van der Waals surface area contributed by atoms with E-state index in [1.807, 2.05) is 0 Å². The second kappa shape index (κ2) is 9.06. The normalized spacial score (nSPS) is 12.2. The standard InChI is InChI=1S/C41H27N/c1-2-8-29-23-30(14-13-27(29)7-1)32-16-18-34-24-33-17-15-31(25-38(33)39(34)26-32)28-19-21-35(22-20-28)42-40-11-5-3-9-36(40)37-10-4-6-12-41(37)42/h1-23,25-26H,24H2. The Balaban J connectivity index is 1.10. The molecular weight excluding hydrogens is 506 g/mol. The van der Waals surface area contributed by atoms with Gasteiger partial charge in [-0.25, -0.2) is 0 Å². The minimum atomic E-state index is 0.996. The summed E-state index contributed by atoms with van der Waals surface area (Å²) in [7, 11) is 0. The molecular formula is C41H27N. The summed E-state index contributed by atoms with van der Waals surface area (Å²) in [5, 5.41) is 5.14. The molecule has 0 aliphatic heterocycles. The van der Waals surface area contributed by atoms with Crippen molar-refractivity contribution in [2.75, 3.05) is 0 Å². The van der Waals surface area contributed by atoms with Crippen LogP contribution in [-0.2, 0) is 6.42 Å². The van der Waals surface area contributed by atoms with Crippen molar-refractivity contribution in [3.05, 3.63) is 163 Å². The molecule has 1 aromatic heterocycles. The zero-order chi connectivity index (χ0) is 27.6. The van der Waals surface area contributed by atoms with Gasteiger partial charge in [-0.3, -0.25) is 0 Å². The maximum Gasteiger partial charge on any atom is 0.0541 e. The molecule has 0 atom stereocenters. The third-order valence-corrected chi connectivity index (χ3v) is 9.01. The van der Waals surface area contributed by atoms with Gasteiger partial charge in [-0.2, -0.15) is 0 Å². The van der Waals surface area contributed by atoms with E-state index < -0.39 is 0 Å². The molecule has 0 spiro atoms. The highest BCUT2D eigenvalue weighted by molar-refractivity contribution is 6.09. The van der Waals surface area contributed by atoms with Crippen molar-refractivity contribution >= 4 is 32.6 Å². The molecule has 1 aliphatic rings. The van der Waals surface area contributed by atoms with Crippen LogP contribution in [0.15, 0.2) is 152 Å². The predicted octanol–water partition coefficient (Wildman–Crippen LogP) is 10.8. The molecule has 1 nitrogen and oxygen atoms in total. The van der Waals surface area contributed by atoms with Gasteiger partial charge in [-0.15, -0.1) is 0 Å². The second-order valence-electron chi connectivity index (χ2n) is 11.4. The third kappa shape index (κ3) is 3.57. The topological polar surface area (TPSA) is 4.93 Å². The summed E-state index contributed by atoms with van der Waals surface area (Å²) in [6, 6.07) is 55.8. The van der Waals surface area contributed by atoms with Gasteiger partial charge in [0.05, 0.1) is 11.0 Å². The molecule has 0 N–H and O–H groups in total. The van der Waals surface area contributed by atoms with Crippen LogP contribution >= 0.6 is 0 Å². The highest BCUT2D eigenvalue weighted by Gasteiger charge is 2.20. The maximum atomic E-state index is 2.39. The molecule has 1 heteroatoms. The van der Waals surface area contributed by atoms with Gasteiger partial charge in [0, 0.05) is 16.5 Å². The van der Waals surface area contributed by atoms with Crippen molar-refractivity contribution in [3.8, 4) is 39.1 Å². The van der Waals surface area contributed by atoms with Crippen LogP contribution in [0.2, 0.25) is 0 Å². The van der Waals surface area contributed by atoms with Gasteiger partial charge in [0.2, 0.25) is 0 Å². The molecule has 0 saturated heterocycles. The van der Waals surface area contributed by atoms with E-state index in [0.717, 1.165) is 6.42 Å². The number of hydrogen-bond donors (Lipinski definition) is 0. The van der Waals surface area contributed by atoms with E-state index in [-0.39, 0.29) is 0 Å². The molecule has 7 aromatic carbocycles. The zero-order valence-electron chi connectivity index (χ0n) is 23.1. The Morgan fingerprint density at radius 1 is 0.381 bits per heavy atom. The lowest BCUT2D eigenvalue weighted by Crippen LogP contribution is -1.93. The van der Waals surface area contributed by atoms with Crippen molar-refractivity contribution in [2.45, 2.75) is 6.42 Å². The lowest BCUT2D eigenvalue weighted by atomic mass is 9.95. The monoisotopic (exact) mass is 533 g/mol. The summed E-state index contributed by atoms with van der Waals surface area (Å²) >= 11 is 0. The zero-order valence-corrected chi connectivity index (χ0v) is 23.1. The van der Waals surface area contributed by atoms with E-state index in [1.54, 1.807) is 0 Å². The number of rotatable bonds is 3. The number of para-hydroxylation sites is 2. The van der Waals surface area contributed by atoms with E-state index in [4.69, 9.17) is 0 Å². The molecule has 0 amide bonds. The third-order valence-electron chi connectivity index (χ3n) is 9.01. The first-order valence-corrected chi connectivity index (χ1v) is 14.6. The van der Waals surface area contributed by atoms with E-state index in [2.05, 4.69) is 156 Å². The van der Waals surface area contributed by atoms with Gasteiger partial charge in [-0.1, -0.05) is 109 Å². The fourth-order valence-electron chi connectivity index (χ4n) is 6.90. The fourth-order valence-corrected chi connectivity index (χ4v) is 6.90. The Morgan fingerprint density at radius 2 is 0.881 bits per heavy atom. The molecule has 0 radical (unpaired) electrons. The molecule has 0 saturated carbocycles. The van der Waals surface area contributed by atoms with Crippen molar-refractivity contribution < 1.29 is 0 Å². The van der Waals surface area contributed by atoms with Gasteiger partial charge in [0.1, 0.15) is 0 Å². The fraction of sp³-hybridized carbons (Fsp3) is 0.0244. The minimum Gasteiger partial charge on any atom is -0.309 e. The Bertz CT molecular complexity index is 2260. The van der Waals surface area contributed by atoms with E-state index in [1.165, 1.54) is 82.8 Å². The molecule has 0 bridgehead atoms. The van der Waals surface area contributed by atoms with Gasteiger partial charge < -0.3 is 4.57 Å². The van der Waals surface area contributed by atoms with Crippen LogP contribution in [0.3, 0.4) is 0 Å². The summed E-state index contributed by atoms with van der Waals surface area (Å²) in [5.74, 6) is 0. The highest BCUT2D eigenvalue weighted by Crippen LogP contribution is 2.41. The van der Waals surface area contributed by atoms with Crippen LogP contribution in [0.25, 0.3) is 71.6 Å². The number of hydrogen-bond acceptors (Lipinski definition) is 0.